The number of ether oxygens (including phenoxy) is 1. The summed E-state index contributed by atoms with van der Waals surface area (Å²) in [6.45, 7) is 8.54. The Hall–Kier alpha value is -2.37. The number of hydrogen-bond donors (Lipinski definition) is 2. The number of nitrogens with one attached hydrogen (secondary N) is 2. The SMILES string of the molecule is CCNC(=NCC1(NC(C)c2ccccc2)CCOCC1)N1CCc2ccccc21. The molecule has 2 aromatic rings. The molecule has 0 spiro atoms. The minimum Gasteiger partial charge on any atom is -0.381 e. The summed E-state index contributed by atoms with van der Waals surface area (Å²) >= 11 is 0. The van der Waals surface area contributed by atoms with Crippen LogP contribution in [0.25, 0.3) is 0 Å². The summed E-state index contributed by atoms with van der Waals surface area (Å²) in [7, 11) is 0. The highest BCUT2D eigenvalue weighted by molar-refractivity contribution is 5.98. The number of benzene rings is 2. The second kappa shape index (κ2) is 9.63. The van der Waals surface area contributed by atoms with Gasteiger partial charge >= 0.3 is 0 Å². The molecule has 1 atom stereocenters. The van der Waals surface area contributed by atoms with Crippen LogP contribution in [-0.2, 0) is 11.2 Å². The Balaban J connectivity index is 1.55. The van der Waals surface area contributed by atoms with Gasteiger partial charge in [-0.2, -0.15) is 0 Å². The summed E-state index contributed by atoms with van der Waals surface area (Å²) in [5.74, 6) is 0.988. The van der Waals surface area contributed by atoms with Crippen molar-refractivity contribution in [2.24, 2.45) is 4.99 Å². The first-order chi connectivity index (χ1) is 14.7. The van der Waals surface area contributed by atoms with Crippen LogP contribution in [0, 0.1) is 0 Å². The molecule has 30 heavy (non-hydrogen) atoms. The molecule has 1 unspecified atom stereocenters. The Bertz CT molecular complexity index is 845. The van der Waals surface area contributed by atoms with Crippen molar-refractivity contribution < 1.29 is 4.74 Å². The Morgan fingerprint density at radius 3 is 2.60 bits per heavy atom. The maximum Gasteiger partial charge on any atom is 0.198 e. The summed E-state index contributed by atoms with van der Waals surface area (Å²) in [5.41, 5.74) is 3.95. The molecule has 2 aromatic carbocycles. The third kappa shape index (κ3) is 4.68. The van der Waals surface area contributed by atoms with E-state index in [2.05, 4.69) is 84.0 Å². The normalized spacial score (nSPS) is 19.4. The predicted octanol–water partition coefficient (Wildman–Crippen LogP) is 3.91. The van der Waals surface area contributed by atoms with E-state index in [9.17, 15) is 0 Å². The Kier molecular flexibility index (Phi) is 6.70. The van der Waals surface area contributed by atoms with Gasteiger partial charge < -0.3 is 20.3 Å². The van der Waals surface area contributed by atoms with Crippen molar-refractivity contribution >= 4 is 11.6 Å². The van der Waals surface area contributed by atoms with Gasteiger partial charge in [0.1, 0.15) is 0 Å². The molecule has 1 fully saturated rings. The summed E-state index contributed by atoms with van der Waals surface area (Å²) in [6, 6.07) is 19.6. The average Bonchev–Trinajstić information content (AvgIpc) is 3.22. The van der Waals surface area contributed by atoms with Crippen molar-refractivity contribution in [1.82, 2.24) is 10.6 Å². The molecule has 5 nitrogen and oxygen atoms in total. The third-order valence-electron chi connectivity index (χ3n) is 6.28. The molecule has 1 saturated heterocycles. The lowest BCUT2D eigenvalue weighted by atomic mass is 9.88. The topological polar surface area (TPSA) is 48.9 Å². The summed E-state index contributed by atoms with van der Waals surface area (Å²) in [6.07, 6.45) is 3.02. The van der Waals surface area contributed by atoms with Crippen molar-refractivity contribution in [1.29, 1.82) is 0 Å². The van der Waals surface area contributed by atoms with E-state index in [1.807, 2.05) is 0 Å². The molecule has 0 aliphatic carbocycles. The molecule has 4 rings (SSSR count). The molecule has 160 valence electrons. The fourth-order valence-electron chi connectivity index (χ4n) is 4.57. The number of fused-ring (bicyclic) bond motifs is 1. The van der Waals surface area contributed by atoms with Crippen molar-refractivity contribution in [3.05, 3.63) is 65.7 Å². The molecule has 2 aliphatic rings. The fraction of sp³-hybridized carbons (Fsp3) is 0.480. The molecule has 2 heterocycles. The van der Waals surface area contributed by atoms with Crippen molar-refractivity contribution in [3.8, 4) is 0 Å². The lowest BCUT2D eigenvalue weighted by molar-refractivity contribution is 0.0374. The molecule has 2 N–H and O–H groups in total. The van der Waals surface area contributed by atoms with E-state index in [-0.39, 0.29) is 11.6 Å². The summed E-state index contributed by atoms with van der Waals surface area (Å²) in [4.78, 5) is 7.49. The zero-order chi connectivity index (χ0) is 20.8. The largest absolute Gasteiger partial charge is 0.381 e. The van der Waals surface area contributed by atoms with Crippen molar-refractivity contribution in [3.63, 3.8) is 0 Å². The van der Waals surface area contributed by atoms with E-state index in [1.54, 1.807) is 0 Å². The molecule has 0 amide bonds. The number of rotatable bonds is 6. The molecule has 0 aromatic heterocycles. The Morgan fingerprint density at radius 2 is 1.83 bits per heavy atom. The fourth-order valence-corrected chi connectivity index (χ4v) is 4.57. The van der Waals surface area contributed by atoms with E-state index in [0.29, 0.717) is 0 Å². The number of nitrogens with zero attached hydrogens (tertiary/aromatic N) is 2. The van der Waals surface area contributed by atoms with Gasteiger partial charge in [-0.05, 0) is 50.3 Å². The second-order valence-electron chi connectivity index (χ2n) is 8.37. The number of para-hydroxylation sites is 1. The lowest BCUT2D eigenvalue weighted by Crippen LogP contribution is -2.53. The van der Waals surface area contributed by atoms with E-state index >= 15 is 0 Å². The first-order valence-corrected chi connectivity index (χ1v) is 11.2. The van der Waals surface area contributed by atoms with Gasteiger partial charge in [-0.15, -0.1) is 0 Å². The van der Waals surface area contributed by atoms with Crippen LogP contribution in [0.5, 0.6) is 0 Å². The van der Waals surface area contributed by atoms with Crippen LogP contribution < -0.4 is 15.5 Å². The van der Waals surface area contributed by atoms with E-state index in [0.717, 1.165) is 58.1 Å². The number of hydrogen-bond acceptors (Lipinski definition) is 3. The molecule has 5 heteroatoms. The van der Waals surface area contributed by atoms with E-state index < -0.39 is 0 Å². The zero-order valence-electron chi connectivity index (χ0n) is 18.2. The van der Waals surface area contributed by atoms with Gasteiger partial charge in [0.25, 0.3) is 0 Å². The summed E-state index contributed by atoms with van der Waals surface area (Å²) in [5, 5.41) is 7.45. The molecular weight excluding hydrogens is 372 g/mol. The minimum atomic E-state index is -0.0482. The van der Waals surface area contributed by atoms with Crippen LogP contribution in [0.4, 0.5) is 5.69 Å². The molecule has 0 radical (unpaired) electrons. The zero-order valence-corrected chi connectivity index (χ0v) is 18.2. The Labute approximate surface area is 180 Å². The Morgan fingerprint density at radius 1 is 1.10 bits per heavy atom. The highest BCUT2D eigenvalue weighted by Crippen LogP contribution is 2.29. The van der Waals surface area contributed by atoms with Gasteiger partial charge in [-0.3, -0.25) is 4.99 Å². The van der Waals surface area contributed by atoms with Gasteiger partial charge in [0, 0.05) is 43.6 Å². The van der Waals surface area contributed by atoms with Gasteiger partial charge in [0.05, 0.1) is 6.54 Å². The van der Waals surface area contributed by atoms with Gasteiger partial charge in [0.2, 0.25) is 0 Å². The second-order valence-corrected chi connectivity index (χ2v) is 8.37. The number of aliphatic imine (C=N–C) groups is 1. The quantitative estimate of drug-likeness (QED) is 0.564. The average molecular weight is 407 g/mol. The first-order valence-electron chi connectivity index (χ1n) is 11.2. The molecule has 2 aliphatic heterocycles. The monoisotopic (exact) mass is 406 g/mol. The predicted molar refractivity (Wildman–Crippen MR) is 124 cm³/mol. The molecular formula is C25H34N4O. The van der Waals surface area contributed by atoms with Gasteiger partial charge in [0.15, 0.2) is 5.96 Å². The number of guanidine groups is 1. The van der Waals surface area contributed by atoms with Crippen LogP contribution in [0.2, 0.25) is 0 Å². The molecule has 0 bridgehead atoms. The highest BCUT2D eigenvalue weighted by atomic mass is 16.5. The van der Waals surface area contributed by atoms with Gasteiger partial charge in [-0.25, -0.2) is 0 Å². The minimum absolute atomic E-state index is 0.0482. The van der Waals surface area contributed by atoms with Gasteiger partial charge in [-0.1, -0.05) is 48.5 Å². The first kappa shape index (κ1) is 20.9. The maximum absolute atomic E-state index is 5.70. The van der Waals surface area contributed by atoms with Crippen LogP contribution in [0.15, 0.2) is 59.6 Å². The van der Waals surface area contributed by atoms with Crippen molar-refractivity contribution in [2.45, 2.75) is 44.7 Å². The maximum atomic E-state index is 5.70. The number of anilines is 1. The third-order valence-corrected chi connectivity index (χ3v) is 6.28. The van der Waals surface area contributed by atoms with E-state index in [4.69, 9.17) is 9.73 Å². The van der Waals surface area contributed by atoms with Crippen LogP contribution >= 0.6 is 0 Å². The highest BCUT2D eigenvalue weighted by Gasteiger charge is 2.34. The lowest BCUT2D eigenvalue weighted by Gasteiger charge is -2.40. The smallest absolute Gasteiger partial charge is 0.198 e. The van der Waals surface area contributed by atoms with Crippen LogP contribution in [-0.4, -0.2) is 44.3 Å². The van der Waals surface area contributed by atoms with Crippen LogP contribution in [0.1, 0.15) is 43.9 Å². The standard InChI is InChI=1S/C25H34N4O/c1-3-26-24(29-16-13-22-11-7-8-12-23(22)29)27-19-25(14-17-30-18-15-25)28-20(2)21-9-5-4-6-10-21/h4-12,20,28H,3,13-19H2,1-2H3,(H,26,27). The summed E-state index contributed by atoms with van der Waals surface area (Å²) < 4.78 is 5.70. The molecule has 0 saturated carbocycles. The van der Waals surface area contributed by atoms with Crippen LogP contribution in [0.3, 0.4) is 0 Å². The van der Waals surface area contributed by atoms with E-state index in [1.165, 1.54) is 16.8 Å². The van der Waals surface area contributed by atoms with Crippen molar-refractivity contribution in [2.75, 3.05) is 37.7 Å².